The zero-order valence-electron chi connectivity index (χ0n) is 27.4. The smallest absolute Gasteiger partial charge is 0.132 e. The highest BCUT2D eigenvalue weighted by atomic mass is 16.3. The Bertz CT molecular complexity index is 1390. The van der Waals surface area contributed by atoms with E-state index in [-0.39, 0.29) is 41.6 Å². The van der Waals surface area contributed by atoms with Crippen LogP contribution in [0.3, 0.4) is 0 Å². The van der Waals surface area contributed by atoms with Crippen LogP contribution >= 0.6 is 0 Å². The molecule has 4 rings (SSSR count). The molecule has 0 bridgehead atoms. The lowest BCUT2D eigenvalue weighted by Crippen LogP contribution is -2.51. The molecule has 0 atom stereocenters. The molecule has 0 aromatic heterocycles. The van der Waals surface area contributed by atoms with Crippen molar-refractivity contribution in [3.63, 3.8) is 0 Å². The number of aromatic hydroxyl groups is 4. The molecule has 0 heterocycles. The van der Waals surface area contributed by atoms with Crippen molar-refractivity contribution in [3.8, 4) is 28.7 Å². The molecule has 0 saturated heterocycles. The predicted molar refractivity (Wildman–Crippen MR) is 183 cm³/mol. The minimum absolute atomic E-state index is 0.0404. The quantitative estimate of drug-likeness (QED) is 0.107. The second-order valence-corrected chi connectivity index (χ2v) is 12.1. The lowest BCUT2D eigenvalue weighted by atomic mass is 9.95. The molecule has 242 valence electrons. The Hall–Kier alpha value is -4.16. The average molecular weight is 614 g/mol. The molecule has 0 fully saturated rings. The highest BCUT2D eigenvalue weighted by Gasteiger charge is 2.28. The van der Waals surface area contributed by atoms with Crippen molar-refractivity contribution in [2.45, 2.75) is 79.1 Å². The molecule has 6 nitrogen and oxygen atoms in total. The summed E-state index contributed by atoms with van der Waals surface area (Å²) in [7, 11) is 0. The van der Waals surface area contributed by atoms with E-state index in [1.807, 2.05) is 6.92 Å². The lowest BCUT2D eigenvalue weighted by molar-refractivity contribution is -0.270. The Balaban J connectivity index is 0.000000259. The third-order valence-electron chi connectivity index (χ3n) is 8.41. The van der Waals surface area contributed by atoms with Gasteiger partial charge in [-0.2, -0.15) is 0 Å². The second-order valence-electron chi connectivity index (χ2n) is 12.1. The molecule has 0 amide bonds. The monoisotopic (exact) mass is 613 g/mol. The summed E-state index contributed by atoms with van der Waals surface area (Å²) in [4.78, 5) is 0. The number of nitrogens with zero attached hydrogens (tertiary/aromatic N) is 1. The van der Waals surface area contributed by atoms with Crippen LogP contribution in [0, 0.1) is 6.92 Å². The van der Waals surface area contributed by atoms with Crippen molar-refractivity contribution in [2.24, 2.45) is 0 Å². The summed E-state index contributed by atoms with van der Waals surface area (Å²) in [6.45, 7) is 12.7. The van der Waals surface area contributed by atoms with Crippen LogP contribution in [0.2, 0.25) is 0 Å². The standard InChI is InChI=1S/C21H20O5.C18H32N/c1-12-6-15(8-13-2-4-17(22)10-19(13)24)21(26)16(7-12)9-14-3-5-18(23)11-20(14)25;1-4-7-15-19(16-8-5-2,17-9-6-3)18-13-11-10-12-14-18/h2-7,10-11,22-26H,8-9H2,1H3;10-14H,4-9,15-17H2,1-3H3/q;+1/p-1. The Morgan fingerprint density at radius 2 is 0.978 bits per heavy atom. The number of quaternary nitrogens is 1. The van der Waals surface area contributed by atoms with Gasteiger partial charge in [0.15, 0.2) is 0 Å². The van der Waals surface area contributed by atoms with Crippen LogP contribution in [0.4, 0.5) is 5.69 Å². The van der Waals surface area contributed by atoms with E-state index in [0.717, 1.165) is 5.56 Å². The minimum Gasteiger partial charge on any atom is -0.872 e. The topological polar surface area (TPSA) is 104 Å². The number of unbranched alkanes of at least 4 members (excludes halogenated alkanes) is 3. The highest BCUT2D eigenvalue weighted by molar-refractivity contribution is 5.51. The third kappa shape index (κ3) is 10.2. The Kier molecular flexibility index (Phi) is 13.6. The summed E-state index contributed by atoms with van der Waals surface area (Å²) in [6, 6.07) is 23.3. The molecular formula is C39H51NO5. The van der Waals surface area contributed by atoms with Gasteiger partial charge in [-0.05, 0) is 61.6 Å². The fourth-order valence-corrected chi connectivity index (χ4v) is 5.85. The zero-order valence-corrected chi connectivity index (χ0v) is 27.4. The molecule has 0 aliphatic carbocycles. The van der Waals surface area contributed by atoms with Crippen molar-refractivity contribution in [1.82, 2.24) is 4.48 Å². The minimum atomic E-state index is -0.157. The number of phenolic OH excluding ortho intramolecular Hbond substituents is 4. The molecule has 45 heavy (non-hydrogen) atoms. The van der Waals surface area contributed by atoms with Crippen molar-refractivity contribution in [3.05, 3.63) is 107 Å². The largest absolute Gasteiger partial charge is 0.872 e. The van der Waals surface area contributed by atoms with Crippen LogP contribution in [0.1, 0.15) is 87.1 Å². The first-order valence-corrected chi connectivity index (χ1v) is 16.3. The summed E-state index contributed by atoms with van der Waals surface area (Å²) >= 11 is 0. The van der Waals surface area contributed by atoms with Crippen LogP contribution in [-0.4, -0.2) is 40.1 Å². The summed E-state index contributed by atoms with van der Waals surface area (Å²) in [5.74, 6) is -0.370. The first-order chi connectivity index (χ1) is 21.6. The average Bonchev–Trinajstić information content (AvgIpc) is 3.02. The number of hydrogen-bond donors (Lipinski definition) is 4. The number of aryl methyl sites for hydroxylation is 1. The van der Waals surface area contributed by atoms with Crippen LogP contribution in [0.25, 0.3) is 0 Å². The van der Waals surface area contributed by atoms with Crippen LogP contribution < -0.4 is 9.59 Å². The molecule has 6 heteroatoms. The maximum atomic E-state index is 12.8. The van der Waals surface area contributed by atoms with Crippen LogP contribution in [-0.2, 0) is 12.8 Å². The van der Waals surface area contributed by atoms with Crippen LogP contribution in [0.5, 0.6) is 28.7 Å². The normalized spacial score (nSPS) is 11.2. The van der Waals surface area contributed by atoms with Gasteiger partial charge in [0, 0.05) is 25.0 Å². The van der Waals surface area contributed by atoms with Gasteiger partial charge in [0.2, 0.25) is 0 Å². The molecule has 0 saturated carbocycles. The van der Waals surface area contributed by atoms with E-state index < -0.39 is 0 Å². The number of para-hydroxylation sites is 1. The summed E-state index contributed by atoms with van der Waals surface area (Å²) in [6.07, 6.45) is 8.37. The summed E-state index contributed by atoms with van der Waals surface area (Å²) in [5.41, 5.74) is 4.57. The SMILES string of the molecule is CCCC[N+](CCCC)(CCCC)c1ccccc1.Cc1cc(Cc2ccc(O)cc2O)c([O-])c(Cc2ccc(O)cc2O)c1. The van der Waals surface area contributed by atoms with Crippen molar-refractivity contribution in [1.29, 1.82) is 0 Å². The second kappa shape index (κ2) is 17.4. The first kappa shape index (κ1) is 35.3. The Morgan fingerprint density at radius 1 is 0.556 bits per heavy atom. The van der Waals surface area contributed by atoms with Crippen molar-refractivity contribution in [2.75, 3.05) is 19.6 Å². The van der Waals surface area contributed by atoms with Crippen molar-refractivity contribution >= 4 is 5.69 Å². The molecule has 0 unspecified atom stereocenters. The molecule has 0 aliphatic heterocycles. The van der Waals surface area contributed by atoms with E-state index in [9.17, 15) is 25.5 Å². The Labute approximate surface area is 269 Å². The summed E-state index contributed by atoms with van der Waals surface area (Å²) < 4.78 is 1.20. The third-order valence-corrected chi connectivity index (χ3v) is 8.41. The van der Waals surface area contributed by atoms with Gasteiger partial charge in [-0.1, -0.05) is 99.2 Å². The van der Waals surface area contributed by atoms with Crippen molar-refractivity contribution < 1.29 is 25.5 Å². The van der Waals surface area contributed by atoms with Gasteiger partial charge in [-0.3, -0.25) is 4.48 Å². The van der Waals surface area contributed by atoms with Gasteiger partial charge in [0.05, 0.1) is 19.6 Å². The van der Waals surface area contributed by atoms with Gasteiger partial charge < -0.3 is 25.5 Å². The fraction of sp³-hybridized carbons (Fsp3) is 0.385. The van der Waals surface area contributed by atoms with Gasteiger partial charge in [0.25, 0.3) is 0 Å². The summed E-state index contributed by atoms with van der Waals surface area (Å²) in [5, 5.41) is 51.5. The van der Waals surface area contributed by atoms with E-state index >= 15 is 0 Å². The lowest BCUT2D eigenvalue weighted by Gasteiger charge is -2.38. The van der Waals surface area contributed by atoms with E-state index in [0.29, 0.717) is 22.3 Å². The molecule has 0 spiro atoms. The highest BCUT2D eigenvalue weighted by Crippen LogP contribution is 2.33. The molecule has 4 N–H and O–H groups in total. The molecule has 0 radical (unpaired) electrons. The first-order valence-electron chi connectivity index (χ1n) is 16.3. The predicted octanol–water partition coefficient (Wildman–Crippen LogP) is 8.47. The van der Waals surface area contributed by atoms with Gasteiger partial charge >= 0.3 is 0 Å². The fourth-order valence-electron chi connectivity index (χ4n) is 5.85. The van der Waals surface area contributed by atoms with E-state index in [1.165, 1.54) is 92.6 Å². The molecule has 4 aromatic rings. The van der Waals surface area contributed by atoms with E-state index in [2.05, 4.69) is 51.1 Å². The number of phenols is 4. The molecular weight excluding hydrogens is 562 g/mol. The van der Waals surface area contributed by atoms with E-state index in [1.54, 1.807) is 24.3 Å². The maximum Gasteiger partial charge on any atom is 0.132 e. The van der Waals surface area contributed by atoms with Crippen LogP contribution in [0.15, 0.2) is 78.9 Å². The van der Waals surface area contributed by atoms with Gasteiger partial charge in [-0.15, -0.1) is 5.75 Å². The number of rotatable bonds is 14. The van der Waals surface area contributed by atoms with E-state index in [4.69, 9.17) is 0 Å². The maximum absolute atomic E-state index is 12.8. The molecule has 4 aromatic carbocycles. The molecule has 0 aliphatic rings. The Morgan fingerprint density at radius 3 is 1.36 bits per heavy atom. The number of benzene rings is 4. The van der Waals surface area contributed by atoms with Gasteiger partial charge in [0.1, 0.15) is 28.7 Å². The number of hydrogen-bond acceptors (Lipinski definition) is 5. The zero-order chi connectivity index (χ0) is 32.8. The van der Waals surface area contributed by atoms with Gasteiger partial charge in [-0.25, -0.2) is 0 Å².